The molecule has 0 radical (unpaired) electrons. The van der Waals surface area contributed by atoms with Crippen molar-refractivity contribution in [3.8, 4) is 0 Å². The van der Waals surface area contributed by atoms with Crippen LogP contribution < -0.4 is 0 Å². The Morgan fingerprint density at radius 1 is 1.38 bits per heavy atom. The van der Waals surface area contributed by atoms with E-state index in [0.717, 1.165) is 11.3 Å². The molecule has 0 unspecified atom stereocenters. The van der Waals surface area contributed by atoms with Gasteiger partial charge in [-0.25, -0.2) is 8.42 Å². The number of nitrogens with zero attached hydrogens (tertiary/aromatic N) is 1. The SMILES string of the molecule is Cc1ccc(CS(=O)(=O)Cl)nc1C. The molecule has 0 bridgehead atoms. The third-order valence-electron chi connectivity index (χ3n) is 1.73. The van der Waals surface area contributed by atoms with Gasteiger partial charge >= 0.3 is 0 Å². The van der Waals surface area contributed by atoms with Gasteiger partial charge in [0.1, 0.15) is 5.75 Å². The molecule has 0 N–H and O–H groups in total. The van der Waals surface area contributed by atoms with E-state index in [1.165, 1.54) is 0 Å². The van der Waals surface area contributed by atoms with Gasteiger partial charge in [-0.2, -0.15) is 0 Å². The highest BCUT2D eigenvalue weighted by atomic mass is 35.7. The van der Waals surface area contributed by atoms with Crippen LogP contribution in [0.4, 0.5) is 0 Å². The van der Waals surface area contributed by atoms with Crippen LogP contribution in [0.15, 0.2) is 12.1 Å². The Morgan fingerprint density at radius 3 is 2.46 bits per heavy atom. The highest BCUT2D eigenvalue weighted by Crippen LogP contribution is 2.10. The van der Waals surface area contributed by atoms with E-state index < -0.39 is 9.05 Å². The summed E-state index contributed by atoms with van der Waals surface area (Å²) in [7, 11) is 1.59. The summed E-state index contributed by atoms with van der Waals surface area (Å²) in [6.07, 6.45) is 0. The first-order chi connectivity index (χ1) is 5.88. The summed E-state index contributed by atoms with van der Waals surface area (Å²) in [5, 5.41) is 0. The molecule has 0 atom stereocenters. The number of halogens is 1. The molecular formula is C8H10ClNO2S. The van der Waals surface area contributed by atoms with E-state index in [1.54, 1.807) is 6.07 Å². The number of hydrogen-bond donors (Lipinski definition) is 0. The zero-order valence-corrected chi connectivity index (χ0v) is 8.98. The van der Waals surface area contributed by atoms with Crippen molar-refractivity contribution in [2.75, 3.05) is 0 Å². The summed E-state index contributed by atoms with van der Waals surface area (Å²) >= 11 is 0. The first kappa shape index (κ1) is 10.5. The summed E-state index contributed by atoms with van der Waals surface area (Å²) in [6, 6.07) is 3.50. The molecule has 3 nitrogen and oxygen atoms in total. The molecule has 0 aromatic carbocycles. The second-order valence-electron chi connectivity index (χ2n) is 2.89. The first-order valence-electron chi connectivity index (χ1n) is 3.74. The van der Waals surface area contributed by atoms with Gasteiger partial charge in [-0.3, -0.25) is 4.98 Å². The number of pyridine rings is 1. The Balaban J connectivity index is 2.99. The lowest BCUT2D eigenvalue weighted by Gasteiger charge is -2.01. The number of aryl methyl sites for hydroxylation is 2. The maximum Gasteiger partial charge on any atom is 0.238 e. The molecule has 0 fully saturated rings. The molecule has 1 aromatic rings. The van der Waals surface area contributed by atoms with Crippen molar-refractivity contribution in [1.29, 1.82) is 0 Å². The summed E-state index contributed by atoms with van der Waals surface area (Å²) in [6.45, 7) is 3.75. The van der Waals surface area contributed by atoms with Crippen LogP contribution in [0.5, 0.6) is 0 Å². The summed E-state index contributed by atoms with van der Waals surface area (Å²) < 4.78 is 21.4. The normalized spacial score (nSPS) is 11.6. The van der Waals surface area contributed by atoms with Gasteiger partial charge in [0, 0.05) is 16.4 Å². The Bertz CT molecular complexity index is 414. The minimum Gasteiger partial charge on any atom is -0.257 e. The molecule has 1 rings (SSSR count). The smallest absolute Gasteiger partial charge is 0.238 e. The van der Waals surface area contributed by atoms with Gasteiger partial charge in [-0.05, 0) is 25.5 Å². The largest absolute Gasteiger partial charge is 0.257 e. The van der Waals surface area contributed by atoms with Gasteiger partial charge in [-0.1, -0.05) is 6.07 Å². The van der Waals surface area contributed by atoms with Crippen LogP contribution in [0, 0.1) is 13.8 Å². The molecule has 13 heavy (non-hydrogen) atoms. The van der Waals surface area contributed by atoms with Crippen LogP contribution >= 0.6 is 10.7 Å². The standard InChI is InChI=1S/C8H10ClNO2S/c1-6-3-4-8(10-7(6)2)5-13(9,11)12/h3-4H,5H2,1-2H3. The molecule has 0 aliphatic carbocycles. The molecule has 0 amide bonds. The van der Waals surface area contributed by atoms with Crippen LogP contribution in [0.3, 0.4) is 0 Å². The Kier molecular flexibility index (Phi) is 2.93. The third kappa shape index (κ3) is 3.32. The lowest BCUT2D eigenvalue weighted by atomic mass is 10.2. The first-order valence-corrected chi connectivity index (χ1v) is 6.22. The monoisotopic (exact) mass is 219 g/mol. The fourth-order valence-corrected chi connectivity index (χ4v) is 1.79. The van der Waals surface area contributed by atoms with Gasteiger partial charge in [0.25, 0.3) is 0 Å². The summed E-state index contributed by atoms with van der Waals surface area (Å²) in [4.78, 5) is 4.09. The molecule has 1 heterocycles. The molecule has 0 aliphatic heterocycles. The van der Waals surface area contributed by atoms with E-state index in [1.807, 2.05) is 19.9 Å². The van der Waals surface area contributed by atoms with Crippen LogP contribution in [0.25, 0.3) is 0 Å². The van der Waals surface area contributed by atoms with E-state index in [-0.39, 0.29) is 5.75 Å². The Labute approximate surface area is 82.2 Å². The van der Waals surface area contributed by atoms with E-state index in [2.05, 4.69) is 4.98 Å². The van der Waals surface area contributed by atoms with Gasteiger partial charge < -0.3 is 0 Å². The molecule has 1 aromatic heterocycles. The Hall–Kier alpha value is -0.610. The minimum absolute atomic E-state index is 0.213. The van der Waals surface area contributed by atoms with Gasteiger partial charge in [-0.15, -0.1) is 0 Å². The molecule has 72 valence electrons. The molecular weight excluding hydrogens is 210 g/mol. The summed E-state index contributed by atoms with van der Waals surface area (Å²) in [5.74, 6) is -0.213. The van der Waals surface area contributed by atoms with E-state index in [9.17, 15) is 8.42 Å². The zero-order valence-electron chi connectivity index (χ0n) is 7.41. The highest BCUT2D eigenvalue weighted by Gasteiger charge is 2.08. The highest BCUT2D eigenvalue weighted by molar-refractivity contribution is 8.13. The zero-order chi connectivity index (χ0) is 10.1. The van der Waals surface area contributed by atoms with E-state index in [4.69, 9.17) is 10.7 Å². The lowest BCUT2D eigenvalue weighted by molar-refractivity contribution is 0.608. The number of rotatable bonds is 2. The third-order valence-corrected chi connectivity index (χ3v) is 2.70. The quantitative estimate of drug-likeness (QED) is 0.713. The van der Waals surface area contributed by atoms with Gasteiger partial charge in [0.05, 0.1) is 5.69 Å². The number of aromatic nitrogens is 1. The van der Waals surface area contributed by atoms with Crippen molar-refractivity contribution in [2.45, 2.75) is 19.6 Å². The molecule has 5 heteroatoms. The minimum atomic E-state index is -3.50. The van der Waals surface area contributed by atoms with Crippen LogP contribution in [0.2, 0.25) is 0 Å². The fourth-order valence-electron chi connectivity index (χ4n) is 0.940. The van der Waals surface area contributed by atoms with Crippen molar-refractivity contribution in [2.24, 2.45) is 0 Å². The topological polar surface area (TPSA) is 47.0 Å². The average Bonchev–Trinajstić information content (AvgIpc) is 1.94. The van der Waals surface area contributed by atoms with Crippen molar-refractivity contribution in [1.82, 2.24) is 4.98 Å². The summed E-state index contributed by atoms with van der Waals surface area (Å²) in [5.41, 5.74) is 2.35. The van der Waals surface area contributed by atoms with E-state index in [0.29, 0.717) is 5.69 Å². The van der Waals surface area contributed by atoms with Crippen molar-refractivity contribution >= 4 is 19.7 Å². The van der Waals surface area contributed by atoms with Crippen molar-refractivity contribution in [3.63, 3.8) is 0 Å². The lowest BCUT2D eigenvalue weighted by Crippen LogP contribution is -1.99. The maximum atomic E-state index is 10.7. The van der Waals surface area contributed by atoms with Gasteiger partial charge in [0.15, 0.2) is 0 Å². The second-order valence-corrected chi connectivity index (χ2v) is 5.67. The van der Waals surface area contributed by atoms with Crippen LogP contribution in [0.1, 0.15) is 17.0 Å². The average molecular weight is 220 g/mol. The molecule has 0 aliphatic rings. The predicted octanol–water partition coefficient (Wildman–Crippen LogP) is 1.77. The molecule has 0 saturated carbocycles. The Morgan fingerprint density at radius 2 is 2.00 bits per heavy atom. The van der Waals surface area contributed by atoms with Gasteiger partial charge in [0.2, 0.25) is 9.05 Å². The van der Waals surface area contributed by atoms with E-state index >= 15 is 0 Å². The van der Waals surface area contributed by atoms with Crippen LogP contribution in [-0.4, -0.2) is 13.4 Å². The van der Waals surface area contributed by atoms with Crippen molar-refractivity contribution in [3.05, 3.63) is 29.1 Å². The fraction of sp³-hybridized carbons (Fsp3) is 0.375. The van der Waals surface area contributed by atoms with Crippen molar-refractivity contribution < 1.29 is 8.42 Å². The predicted molar refractivity (Wildman–Crippen MR) is 52.2 cm³/mol. The molecule has 0 saturated heterocycles. The number of hydrogen-bond acceptors (Lipinski definition) is 3. The molecule has 0 spiro atoms. The second kappa shape index (κ2) is 3.64. The maximum absolute atomic E-state index is 10.7. The van der Waals surface area contributed by atoms with Crippen LogP contribution in [-0.2, 0) is 14.8 Å².